The normalized spacial score (nSPS) is 22.5. The first-order valence-electron chi connectivity index (χ1n) is 10.6. The minimum absolute atomic E-state index is 0.0647. The highest BCUT2D eigenvalue weighted by atomic mass is 16.7. The molecule has 9 nitrogen and oxygen atoms in total. The number of ether oxygens (including phenoxy) is 4. The Morgan fingerprint density at radius 2 is 1.52 bits per heavy atom. The van der Waals surface area contributed by atoms with Gasteiger partial charge in [-0.3, -0.25) is 14.9 Å². The van der Waals surface area contributed by atoms with Crippen LogP contribution in [0.5, 0.6) is 0 Å². The quantitative estimate of drug-likeness (QED) is 0.559. The van der Waals surface area contributed by atoms with Crippen LogP contribution in [0.4, 0.5) is 4.79 Å². The van der Waals surface area contributed by atoms with E-state index < -0.39 is 36.4 Å². The minimum Gasteiger partial charge on any atom is -0.370 e. The lowest BCUT2D eigenvalue weighted by Crippen LogP contribution is -2.58. The molecule has 1 heterocycles. The number of nitrogens with one attached hydrogen (secondary N) is 1. The predicted octanol–water partition coefficient (Wildman–Crippen LogP) is 1.93. The van der Waals surface area contributed by atoms with Gasteiger partial charge in [-0.05, 0) is 18.1 Å². The molecule has 0 aliphatic carbocycles. The number of hydrogen-bond acceptors (Lipinski definition) is 7. The first-order chi connectivity index (χ1) is 15.9. The van der Waals surface area contributed by atoms with Gasteiger partial charge in [-0.1, -0.05) is 60.7 Å². The summed E-state index contributed by atoms with van der Waals surface area (Å²) in [5.41, 5.74) is 7.00. The lowest BCUT2D eigenvalue weighted by Gasteiger charge is -2.41. The van der Waals surface area contributed by atoms with Crippen LogP contribution in [0, 0.1) is 5.92 Å². The number of amides is 3. The Morgan fingerprint density at radius 1 is 0.939 bits per heavy atom. The van der Waals surface area contributed by atoms with Crippen LogP contribution in [-0.4, -0.2) is 49.4 Å². The number of urea groups is 1. The molecule has 0 radical (unpaired) electrons. The first-order valence-corrected chi connectivity index (χ1v) is 10.6. The molecule has 0 unspecified atom stereocenters. The van der Waals surface area contributed by atoms with Crippen LogP contribution >= 0.6 is 0 Å². The summed E-state index contributed by atoms with van der Waals surface area (Å²) < 4.78 is 23.5. The molecule has 1 aliphatic rings. The van der Waals surface area contributed by atoms with Crippen LogP contribution in [0.3, 0.4) is 0 Å². The van der Waals surface area contributed by atoms with E-state index in [2.05, 4.69) is 5.32 Å². The number of ketones is 1. The molecule has 0 bridgehead atoms. The second-order valence-corrected chi connectivity index (χ2v) is 7.69. The molecule has 1 saturated heterocycles. The fourth-order valence-corrected chi connectivity index (χ4v) is 3.50. The number of nitrogens with two attached hydrogens (primary N) is 1. The lowest BCUT2D eigenvalue weighted by atomic mass is 9.93. The molecule has 2 aromatic rings. The molecule has 4 atom stereocenters. The van der Waals surface area contributed by atoms with Gasteiger partial charge in [0.15, 0.2) is 12.1 Å². The standard InChI is InChI=1S/C24H28N2O7/c1-16(27)12-32-23-20(22(28)26-24(25)29)21(31-14-18-10-6-3-7-11-18)19(15-33-23)30-13-17-8-4-2-5-9-17/h2-11,19-21,23H,12-15H2,1H3,(H3,25,26,28,29)/t19-,20-,21-,23+/m0/s1. The first kappa shape index (κ1) is 24.5. The van der Waals surface area contributed by atoms with Crippen molar-refractivity contribution in [2.75, 3.05) is 13.2 Å². The molecule has 3 N–H and O–H groups in total. The van der Waals surface area contributed by atoms with E-state index in [0.29, 0.717) is 0 Å². The van der Waals surface area contributed by atoms with E-state index in [1.165, 1.54) is 6.92 Å². The smallest absolute Gasteiger partial charge is 0.318 e. The van der Waals surface area contributed by atoms with Crippen molar-refractivity contribution in [2.45, 2.75) is 38.6 Å². The van der Waals surface area contributed by atoms with E-state index in [-0.39, 0.29) is 32.2 Å². The summed E-state index contributed by atoms with van der Waals surface area (Å²) in [6.07, 6.45) is -2.60. The number of imide groups is 1. The van der Waals surface area contributed by atoms with Crippen molar-refractivity contribution in [2.24, 2.45) is 11.7 Å². The molecule has 0 saturated carbocycles. The van der Waals surface area contributed by atoms with Crippen molar-refractivity contribution in [3.63, 3.8) is 0 Å². The van der Waals surface area contributed by atoms with Gasteiger partial charge in [0.2, 0.25) is 5.91 Å². The maximum atomic E-state index is 12.9. The van der Waals surface area contributed by atoms with E-state index in [4.69, 9.17) is 24.7 Å². The summed E-state index contributed by atoms with van der Waals surface area (Å²) in [4.78, 5) is 35.7. The van der Waals surface area contributed by atoms with Crippen molar-refractivity contribution < 1.29 is 33.3 Å². The highest BCUT2D eigenvalue weighted by molar-refractivity contribution is 5.95. The third-order valence-corrected chi connectivity index (χ3v) is 5.03. The van der Waals surface area contributed by atoms with E-state index in [1.807, 2.05) is 60.7 Å². The van der Waals surface area contributed by atoms with Gasteiger partial charge >= 0.3 is 6.03 Å². The summed E-state index contributed by atoms with van der Waals surface area (Å²) in [6, 6.07) is 17.9. The van der Waals surface area contributed by atoms with E-state index >= 15 is 0 Å². The summed E-state index contributed by atoms with van der Waals surface area (Å²) >= 11 is 0. The Bertz CT molecular complexity index is 923. The number of carbonyl (C=O) groups is 3. The molecule has 1 fully saturated rings. The molecule has 0 spiro atoms. The molecule has 9 heteroatoms. The number of carbonyl (C=O) groups excluding carboxylic acids is 3. The van der Waals surface area contributed by atoms with Gasteiger partial charge in [0, 0.05) is 0 Å². The minimum atomic E-state index is -1.12. The monoisotopic (exact) mass is 456 g/mol. The Labute approximate surface area is 192 Å². The second-order valence-electron chi connectivity index (χ2n) is 7.69. The van der Waals surface area contributed by atoms with Gasteiger partial charge < -0.3 is 24.7 Å². The van der Waals surface area contributed by atoms with Crippen molar-refractivity contribution in [3.8, 4) is 0 Å². The predicted molar refractivity (Wildman–Crippen MR) is 118 cm³/mol. The highest BCUT2D eigenvalue weighted by Crippen LogP contribution is 2.29. The van der Waals surface area contributed by atoms with Gasteiger partial charge in [0.25, 0.3) is 0 Å². The second kappa shape index (κ2) is 12.2. The van der Waals surface area contributed by atoms with Crippen molar-refractivity contribution in [3.05, 3.63) is 71.8 Å². The van der Waals surface area contributed by atoms with Crippen molar-refractivity contribution >= 4 is 17.7 Å². The zero-order chi connectivity index (χ0) is 23.6. The van der Waals surface area contributed by atoms with Gasteiger partial charge in [-0.25, -0.2) is 4.79 Å². The van der Waals surface area contributed by atoms with Crippen LogP contribution in [0.1, 0.15) is 18.1 Å². The number of Topliss-reactive ketones (excluding diaryl/α,β-unsaturated/α-hetero) is 1. The SMILES string of the molecule is CC(=O)CO[C@@H]1OC[C@H](OCc2ccccc2)[C@H](OCc2ccccc2)[C@H]1C(=O)NC(N)=O. The van der Waals surface area contributed by atoms with Gasteiger partial charge in [-0.2, -0.15) is 0 Å². The average Bonchev–Trinajstić information content (AvgIpc) is 2.81. The highest BCUT2D eigenvalue weighted by Gasteiger charge is 2.47. The van der Waals surface area contributed by atoms with Crippen molar-refractivity contribution in [1.29, 1.82) is 0 Å². The zero-order valence-corrected chi connectivity index (χ0v) is 18.3. The topological polar surface area (TPSA) is 126 Å². The maximum Gasteiger partial charge on any atom is 0.318 e. The zero-order valence-electron chi connectivity index (χ0n) is 18.3. The van der Waals surface area contributed by atoms with Gasteiger partial charge in [-0.15, -0.1) is 0 Å². The Morgan fingerprint density at radius 3 is 2.06 bits per heavy atom. The molecular formula is C24H28N2O7. The van der Waals surface area contributed by atoms with Crippen LogP contribution in [-0.2, 0) is 41.8 Å². The Kier molecular flexibility index (Phi) is 9.08. The number of rotatable bonds is 10. The molecule has 3 amide bonds. The molecular weight excluding hydrogens is 428 g/mol. The molecule has 0 aromatic heterocycles. The average molecular weight is 456 g/mol. The Hall–Kier alpha value is -3.11. The van der Waals surface area contributed by atoms with E-state index in [1.54, 1.807) is 0 Å². The number of primary amides is 1. The summed E-state index contributed by atoms with van der Waals surface area (Å²) in [7, 11) is 0. The fourth-order valence-electron chi connectivity index (χ4n) is 3.50. The largest absolute Gasteiger partial charge is 0.370 e. The summed E-state index contributed by atoms with van der Waals surface area (Å²) in [6.45, 7) is 1.62. The molecule has 176 valence electrons. The maximum absolute atomic E-state index is 12.9. The van der Waals surface area contributed by atoms with E-state index in [9.17, 15) is 14.4 Å². The molecule has 1 aliphatic heterocycles. The summed E-state index contributed by atoms with van der Waals surface area (Å²) in [5.74, 6) is -2.07. The van der Waals surface area contributed by atoms with Crippen molar-refractivity contribution in [1.82, 2.24) is 5.32 Å². The molecule has 3 rings (SSSR count). The molecule has 2 aromatic carbocycles. The third-order valence-electron chi connectivity index (χ3n) is 5.03. The van der Waals surface area contributed by atoms with E-state index in [0.717, 1.165) is 11.1 Å². The molecule has 33 heavy (non-hydrogen) atoms. The lowest BCUT2D eigenvalue weighted by molar-refractivity contribution is -0.263. The third kappa shape index (κ3) is 7.47. The van der Waals surface area contributed by atoms with Crippen LogP contribution in [0.2, 0.25) is 0 Å². The Balaban J connectivity index is 1.82. The van der Waals surface area contributed by atoms with Crippen LogP contribution < -0.4 is 11.1 Å². The number of hydrogen-bond donors (Lipinski definition) is 2. The number of benzene rings is 2. The van der Waals surface area contributed by atoms with Crippen LogP contribution in [0.15, 0.2) is 60.7 Å². The van der Waals surface area contributed by atoms with Gasteiger partial charge in [0.1, 0.15) is 24.7 Å². The fraction of sp³-hybridized carbons (Fsp3) is 0.375. The van der Waals surface area contributed by atoms with Gasteiger partial charge in [0.05, 0.1) is 19.8 Å². The van der Waals surface area contributed by atoms with Crippen LogP contribution in [0.25, 0.3) is 0 Å². The summed E-state index contributed by atoms with van der Waals surface area (Å²) in [5, 5.41) is 2.07.